The minimum absolute atomic E-state index is 0.150. The van der Waals surface area contributed by atoms with Crippen molar-refractivity contribution in [3.05, 3.63) is 46.6 Å². The van der Waals surface area contributed by atoms with Crippen LogP contribution in [0.5, 0.6) is 5.75 Å². The summed E-state index contributed by atoms with van der Waals surface area (Å²) in [5.74, 6) is 1.81. The first-order valence-electron chi connectivity index (χ1n) is 11.9. The number of ether oxygens (including phenoxy) is 1. The molecule has 0 spiro atoms. The zero-order chi connectivity index (χ0) is 23.8. The molecule has 3 saturated carbocycles. The predicted octanol–water partition coefficient (Wildman–Crippen LogP) is 3.40. The van der Waals surface area contributed by atoms with Crippen LogP contribution in [0.3, 0.4) is 0 Å². The van der Waals surface area contributed by atoms with Crippen molar-refractivity contribution in [3.8, 4) is 5.75 Å². The molecule has 2 aromatic heterocycles. The second kappa shape index (κ2) is 9.15. The van der Waals surface area contributed by atoms with Crippen molar-refractivity contribution in [1.29, 1.82) is 0 Å². The Labute approximate surface area is 195 Å². The average Bonchev–Trinajstić information content (AvgIpc) is 2.80. The molecule has 0 saturated heterocycles. The van der Waals surface area contributed by atoms with Crippen LogP contribution in [-0.4, -0.2) is 33.8 Å². The molecule has 8 nitrogen and oxygen atoms in total. The molecule has 0 radical (unpaired) electrons. The van der Waals surface area contributed by atoms with Crippen LogP contribution in [0.2, 0.25) is 0 Å². The number of nitrogens with one attached hydrogen (secondary N) is 2. The average molecular weight is 454 g/mol. The van der Waals surface area contributed by atoms with Gasteiger partial charge in [0.1, 0.15) is 12.2 Å². The third-order valence-electron chi connectivity index (χ3n) is 8.04. The Morgan fingerprint density at radius 3 is 2.64 bits per heavy atom. The second-order valence-electron chi connectivity index (χ2n) is 10.1. The highest BCUT2D eigenvalue weighted by Gasteiger charge is 2.56. The Morgan fingerprint density at radius 1 is 1.30 bits per heavy atom. The molecular formula is C25H35N5O3. The van der Waals surface area contributed by atoms with E-state index >= 15 is 0 Å². The second-order valence-corrected chi connectivity index (χ2v) is 10.1. The van der Waals surface area contributed by atoms with Gasteiger partial charge < -0.3 is 15.4 Å². The van der Waals surface area contributed by atoms with Crippen molar-refractivity contribution in [2.45, 2.75) is 65.6 Å². The molecule has 5 atom stereocenters. The van der Waals surface area contributed by atoms with Gasteiger partial charge in [-0.2, -0.15) is 5.10 Å². The van der Waals surface area contributed by atoms with E-state index in [2.05, 4.69) is 41.5 Å². The standard InChI is InChI=1S/C25H35N5O3/c1-6-19(16-7-9-26-10-8-16)29-22(31)14-30-24(32)23(33-5)21(13-27-30)28-20-12-17-11-18(15(20)2)25(17,3)4/h7-10,13,15,17-20,28H,6,11-12,14H2,1-5H3,(H,29,31)/t15-,17+,18?,19?,20-/m1/s1. The fourth-order valence-electron chi connectivity index (χ4n) is 5.82. The van der Waals surface area contributed by atoms with Crippen molar-refractivity contribution in [1.82, 2.24) is 20.1 Å². The molecule has 3 aliphatic carbocycles. The van der Waals surface area contributed by atoms with Gasteiger partial charge in [0, 0.05) is 18.4 Å². The number of nitrogens with zero attached hydrogens (tertiary/aromatic N) is 3. The third-order valence-corrected chi connectivity index (χ3v) is 8.04. The summed E-state index contributed by atoms with van der Waals surface area (Å²) in [5, 5.41) is 10.8. The van der Waals surface area contributed by atoms with Gasteiger partial charge in [-0.25, -0.2) is 4.68 Å². The molecular weight excluding hydrogens is 418 g/mol. The number of pyridine rings is 1. The minimum Gasteiger partial charge on any atom is -0.490 e. The molecule has 2 aromatic rings. The van der Waals surface area contributed by atoms with Crippen LogP contribution in [0.25, 0.3) is 0 Å². The summed E-state index contributed by atoms with van der Waals surface area (Å²) in [6, 6.07) is 3.88. The zero-order valence-electron chi connectivity index (χ0n) is 20.2. The monoisotopic (exact) mass is 453 g/mol. The van der Waals surface area contributed by atoms with Crippen molar-refractivity contribution < 1.29 is 9.53 Å². The summed E-state index contributed by atoms with van der Waals surface area (Å²) in [6.45, 7) is 8.85. The number of methoxy groups -OCH3 is 1. The molecule has 3 aliphatic rings. The molecule has 8 heteroatoms. The number of carbonyl (C=O) groups excluding carboxylic acids is 1. The lowest BCUT2D eigenvalue weighted by molar-refractivity contribution is -0.122. The zero-order valence-corrected chi connectivity index (χ0v) is 20.2. The van der Waals surface area contributed by atoms with Crippen molar-refractivity contribution in [2.75, 3.05) is 12.4 Å². The summed E-state index contributed by atoms with van der Waals surface area (Å²) < 4.78 is 6.61. The molecule has 33 heavy (non-hydrogen) atoms. The van der Waals surface area contributed by atoms with E-state index in [1.165, 1.54) is 13.5 Å². The molecule has 0 aliphatic heterocycles. The predicted molar refractivity (Wildman–Crippen MR) is 127 cm³/mol. The summed E-state index contributed by atoms with van der Waals surface area (Å²) in [6.07, 6.45) is 8.09. The highest BCUT2D eigenvalue weighted by atomic mass is 16.5. The van der Waals surface area contributed by atoms with Crippen molar-refractivity contribution >= 4 is 11.6 Å². The molecule has 2 N–H and O–H groups in total. The maximum Gasteiger partial charge on any atom is 0.311 e. The highest BCUT2D eigenvalue weighted by molar-refractivity contribution is 5.76. The van der Waals surface area contributed by atoms with Gasteiger partial charge in [-0.15, -0.1) is 0 Å². The van der Waals surface area contributed by atoms with E-state index in [1.54, 1.807) is 18.6 Å². The van der Waals surface area contributed by atoms with Crippen LogP contribution in [0.4, 0.5) is 5.69 Å². The number of rotatable bonds is 8. The van der Waals surface area contributed by atoms with E-state index in [9.17, 15) is 9.59 Å². The Kier molecular flexibility index (Phi) is 6.45. The van der Waals surface area contributed by atoms with Crippen molar-refractivity contribution in [3.63, 3.8) is 0 Å². The lowest BCUT2D eigenvalue weighted by Gasteiger charge is -2.62. The van der Waals surface area contributed by atoms with E-state index < -0.39 is 5.56 Å². The summed E-state index contributed by atoms with van der Waals surface area (Å²) >= 11 is 0. The normalized spacial score (nSPS) is 26.1. The molecule has 2 bridgehead atoms. The number of fused-ring (bicyclic) bond motifs is 2. The van der Waals surface area contributed by atoms with Crippen molar-refractivity contribution in [2.24, 2.45) is 23.2 Å². The third kappa shape index (κ3) is 4.35. The number of amides is 1. The Bertz CT molecular complexity index is 1050. The number of aromatic nitrogens is 3. The van der Waals surface area contributed by atoms with Gasteiger partial charge in [0.05, 0.1) is 19.3 Å². The fraction of sp³-hybridized carbons (Fsp3) is 0.600. The lowest BCUT2D eigenvalue weighted by atomic mass is 9.45. The largest absolute Gasteiger partial charge is 0.490 e. The Hall–Kier alpha value is -2.90. The molecule has 1 amide bonds. The van der Waals surface area contributed by atoms with Gasteiger partial charge in [-0.05, 0) is 60.1 Å². The van der Waals surface area contributed by atoms with E-state index in [4.69, 9.17) is 4.74 Å². The Morgan fingerprint density at radius 2 is 2.03 bits per heavy atom. The van der Waals surface area contributed by atoms with E-state index in [0.717, 1.165) is 23.1 Å². The van der Waals surface area contributed by atoms with Gasteiger partial charge in [0.15, 0.2) is 0 Å². The van der Waals surface area contributed by atoms with Crippen LogP contribution in [0.15, 0.2) is 35.5 Å². The maximum absolute atomic E-state index is 13.0. The topological polar surface area (TPSA) is 98.1 Å². The number of anilines is 1. The summed E-state index contributed by atoms with van der Waals surface area (Å²) in [4.78, 5) is 29.7. The minimum atomic E-state index is -0.413. The van der Waals surface area contributed by atoms with Gasteiger partial charge in [-0.1, -0.05) is 27.7 Å². The van der Waals surface area contributed by atoms with E-state index in [-0.39, 0.29) is 30.3 Å². The van der Waals surface area contributed by atoms with E-state index in [0.29, 0.717) is 28.9 Å². The number of hydrogen-bond donors (Lipinski definition) is 2. The summed E-state index contributed by atoms with van der Waals surface area (Å²) in [5.41, 5.74) is 1.55. The Balaban J connectivity index is 1.45. The first-order chi connectivity index (χ1) is 15.8. The van der Waals surface area contributed by atoms with E-state index in [1.807, 2.05) is 19.1 Å². The maximum atomic E-state index is 13.0. The highest BCUT2D eigenvalue weighted by Crippen LogP contribution is 2.61. The van der Waals surface area contributed by atoms with Crippen LogP contribution in [0, 0.1) is 23.2 Å². The first-order valence-corrected chi connectivity index (χ1v) is 11.9. The van der Waals surface area contributed by atoms with Gasteiger partial charge >= 0.3 is 5.56 Å². The molecule has 5 rings (SSSR count). The SMILES string of the molecule is CCC(NC(=O)Cn1ncc(N[C@@H]2C[C@@H]3CC([C@H]2C)C3(C)C)c(OC)c1=O)c1ccncc1. The van der Waals surface area contributed by atoms with Crippen LogP contribution < -0.4 is 20.9 Å². The molecule has 0 aromatic carbocycles. The molecule has 3 fully saturated rings. The smallest absolute Gasteiger partial charge is 0.311 e. The number of hydrogen-bond acceptors (Lipinski definition) is 6. The van der Waals surface area contributed by atoms with Gasteiger partial charge in [0.2, 0.25) is 11.7 Å². The molecule has 2 heterocycles. The van der Waals surface area contributed by atoms with Crippen LogP contribution >= 0.6 is 0 Å². The quantitative estimate of drug-likeness (QED) is 0.636. The van der Waals surface area contributed by atoms with Crippen LogP contribution in [0.1, 0.15) is 58.6 Å². The lowest BCUT2D eigenvalue weighted by Crippen LogP contribution is -2.58. The van der Waals surface area contributed by atoms with Gasteiger partial charge in [0.25, 0.3) is 0 Å². The fourth-order valence-corrected chi connectivity index (χ4v) is 5.82. The van der Waals surface area contributed by atoms with Crippen LogP contribution in [-0.2, 0) is 11.3 Å². The number of carbonyl (C=O) groups is 1. The molecule has 2 unspecified atom stereocenters. The van der Waals surface area contributed by atoms with Gasteiger partial charge in [-0.3, -0.25) is 14.6 Å². The summed E-state index contributed by atoms with van der Waals surface area (Å²) in [7, 11) is 1.48. The molecule has 178 valence electrons. The first kappa shape index (κ1) is 23.3.